The number of rotatable bonds is 13. The summed E-state index contributed by atoms with van der Waals surface area (Å²) >= 11 is 0. The minimum Gasteiger partial charge on any atom is -0.480 e. The van der Waals surface area contributed by atoms with Crippen LogP contribution in [0.5, 0.6) is 0 Å². The third kappa shape index (κ3) is 7.82. The summed E-state index contributed by atoms with van der Waals surface area (Å²) in [5, 5.41) is 13.3. The van der Waals surface area contributed by atoms with Gasteiger partial charge in [-0.3, -0.25) is 9.79 Å². The van der Waals surface area contributed by atoms with E-state index in [-0.39, 0.29) is 36.2 Å². The maximum atomic E-state index is 13.5. The zero-order valence-corrected chi connectivity index (χ0v) is 21.9. The number of nitrogens with two attached hydrogens (primary N) is 2. The Kier molecular flexibility index (Phi) is 10.1. The number of nitrogens with zero attached hydrogens (tertiary/aromatic N) is 2. The van der Waals surface area contributed by atoms with Crippen LogP contribution in [0.1, 0.15) is 33.1 Å². The van der Waals surface area contributed by atoms with E-state index in [0.29, 0.717) is 11.8 Å². The zero-order chi connectivity index (χ0) is 27.0. The molecule has 7 N–H and O–H groups in total. The molecule has 2 aromatic carbocycles. The SMILES string of the molecule is CC(C)C[C@H](NS(=O)(=O)c1cccc2c(N(C)C)cccc12)C(=O)N[C@@H](CCCN=C(N)N)C(=O)O. The first-order valence-corrected chi connectivity index (χ1v) is 13.1. The molecular weight excluding hydrogens is 484 g/mol. The van der Waals surface area contributed by atoms with Crippen molar-refractivity contribution >= 4 is 44.3 Å². The summed E-state index contributed by atoms with van der Waals surface area (Å²) in [5.74, 6) is -2.09. The van der Waals surface area contributed by atoms with Crippen LogP contribution >= 0.6 is 0 Å². The lowest BCUT2D eigenvalue weighted by molar-refractivity contribution is -0.142. The molecule has 0 aliphatic rings. The van der Waals surface area contributed by atoms with Gasteiger partial charge in [-0.25, -0.2) is 13.2 Å². The number of benzene rings is 2. The highest BCUT2D eigenvalue weighted by atomic mass is 32.2. The normalized spacial score (nSPS) is 13.2. The van der Waals surface area contributed by atoms with Crippen LogP contribution in [-0.2, 0) is 19.6 Å². The second-order valence-electron chi connectivity index (χ2n) is 9.17. The second-order valence-corrected chi connectivity index (χ2v) is 10.9. The van der Waals surface area contributed by atoms with Crippen molar-refractivity contribution < 1.29 is 23.1 Å². The van der Waals surface area contributed by atoms with Crippen LogP contribution in [-0.4, -0.2) is 64.1 Å². The molecule has 0 aromatic heterocycles. The van der Waals surface area contributed by atoms with E-state index in [1.807, 2.05) is 45.0 Å². The minimum absolute atomic E-state index is 0.0391. The van der Waals surface area contributed by atoms with E-state index in [0.717, 1.165) is 11.1 Å². The van der Waals surface area contributed by atoms with Gasteiger partial charge in [0.05, 0.1) is 4.90 Å². The van der Waals surface area contributed by atoms with Gasteiger partial charge in [-0.15, -0.1) is 0 Å². The van der Waals surface area contributed by atoms with Crippen molar-refractivity contribution in [3.8, 4) is 0 Å². The Morgan fingerprint density at radius 2 is 1.69 bits per heavy atom. The van der Waals surface area contributed by atoms with Gasteiger partial charge in [-0.1, -0.05) is 38.1 Å². The summed E-state index contributed by atoms with van der Waals surface area (Å²) in [6.45, 7) is 3.90. The van der Waals surface area contributed by atoms with E-state index in [1.54, 1.807) is 18.2 Å². The number of carboxylic acid groups (broad SMARTS) is 1. The number of fused-ring (bicyclic) bond motifs is 1. The molecule has 0 saturated carbocycles. The molecule has 198 valence electrons. The number of carbonyl (C=O) groups excluding carboxylic acids is 1. The number of aliphatic imine (C=N–C) groups is 1. The zero-order valence-electron chi connectivity index (χ0n) is 21.1. The van der Waals surface area contributed by atoms with Crippen molar-refractivity contribution in [2.24, 2.45) is 22.4 Å². The van der Waals surface area contributed by atoms with Crippen LogP contribution in [0.4, 0.5) is 5.69 Å². The molecule has 12 heteroatoms. The summed E-state index contributed by atoms with van der Waals surface area (Å²) in [7, 11) is -0.391. The number of sulfonamides is 1. The quantitative estimate of drug-likeness (QED) is 0.148. The number of carboxylic acids is 1. The fourth-order valence-corrected chi connectivity index (χ4v) is 5.28. The predicted octanol–water partition coefficient (Wildman–Crippen LogP) is 1.22. The van der Waals surface area contributed by atoms with Crippen LogP contribution in [0, 0.1) is 5.92 Å². The molecule has 36 heavy (non-hydrogen) atoms. The van der Waals surface area contributed by atoms with Gasteiger partial charge in [0.2, 0.25) is 15.9 Å². The van der Waals surface area contributed by atoms with Gasteiger partial charge in [0.1, 0.15) is 12.1 Å². The topological polar surface area (TPSA) is 180 Å². The summed E-state index contributed by atoms with van der Waals surface area (Å²) < 4.78 is 29.4. The standard InChI is InChI=1S/C24H36N6O5S/c1-15(2)14-19(22(31)28-18(23(32)33)10-7-13-27-24(25)26)29-36(34,35)21-12-6-8-16-17(21)9-5-11-20(16)30(3)4/h5-6,8-9,11-12,15,18-19,29H,7,10,13-14H2,1-4H3,(H,28,31)(H,32,33)(H4,25,26,27)/t18-,19-/m0/s1. The lowest BCUT2D eigenvalue weighted by Crippen LogP contribution is -2.52. The van der Waals surface area contributed by atoms with Crippen LogP contribution in [0.2, 0.25) is 0 Å². The van der Waals surface area contributed by atoms with Crippen molar-refractivity contribution in [3.05, 3.63) is 36.4 Å². The molecule has 0 unspecified atom stereocenters. The Morgan fingerprint density at radius 3 is 2.28 bits per heavy atom. The van der Waals surface area contributed by atoms with Crippen LogP contribution < -0.4 is 26.4 Å². The van der Waals surface area contributed by atoms with E-state index in [1.165, 1.54) is 6.07 Å². The number of nitrogens with one attached hydrogen (secondary N) is 2. The third-order valence-electron chi connectivity index (χ3n) is 5.51. The van der Waals surface area contributed by atoms with Crippen molar-refractivity contribution in [3.63, 3.8) is 0 Å². The molecule has 0 fully saturated rings. The Morgan fingerprint density at radius 1 is 1.06 bits per heavy atom. The van der Waals surface area contributed by atoms with Gasteiger partial charge in [-0.05, 0) is 37.3 Å². The number of aliphatic carboxylic acids is 1. The Labute approximate surface area is 212 Å². The summed E-state index contributed by atoms with van der Waals surface area (Å²) in [5.41, 5.74) is 11.4. The van der Waals surface area contributed by atoms with Crippen molar-refractivity contribution in [2.75, 3.05) is 25.5 Å². The molecule has 0 aliphatic heterocycles. The molecule has 0 saturated heterocycles. The van der Waals surface area contributed by atoms with Gasteiger partial charge in [0.25, 0.3) is 0 Å². The maximum Gasteiger partial charge on any atom is 0.326 e. The summed E-state index contributed by atoms with van der Waals surface area (Å²) in [4.78, 5) is 30.5. The fourth-order valence-electron chi connectivity index (χ4n) is 3.85. The number of amides is 1. The van der Waals surface area contributed by atoms with Gasteiger partial charge in [0.15, 0.2) is 5.96 Å². The molecule has 2 aromatic rings. The van der Waals surface area contributed by atoms with Crippen molar-refractivity contribution in [2.45, 2.75) is 50.1 Å². The highest BCUT2D eigenvalue weighted by Gasteiger charge is 2.30. The highest BCUT2D eigenvalue weighted by molar-refractivity contribution is 7.89. The summed E-state index contributed by atoms with van der Waals surface area (Å²) in [6.07, 6.45) is 0.578. The lowest BCUT2D eigenvalue weighted by Gasteiger charge is -2.23. The molecule has 0 heterocycles. The molecule has 1 amide bonds. The van der Waals surface area contributed by atoms with Gasteiger partial charge >= 0.3 is 5.97 Å². The Balaban J connectivity index is 2.32. The molecule has 11 nitrogen and oxygen atoms in total. The number of guanidine groups is 1. The van der Waals surface area contributed by atoms with E-state index < -0.39 is 34.0 Å². The molecule has 0 spiro atoms. The van der Waals surface area contributed by atoms with Gasteiger partial charge < -0.3 is 26.8 Å². The molecule has 0 aliphatic carbocycles. The van der Waals surface area contributed by atoms with Crippen LogP contribution in [0.25, 0.3) is 10.8 Å². The van der Waals surface area contributed by atoms with Crippen LogP contribution in [0.3, 0.4) is 0 Å². The summed E-state index contributed by atoms with van der Waals surface area (Å²) in [6, 6.07) is 7.96. The third-order valence-corrected chi connectivity index (χ3v) is 7.04. The van der Waals surface area contributed by atoms with Crippen molar-refractivity contribution in [1.29, 1.82) is 0 Å². The maximum absolute atomic E-state index is 13.5. The van der Waals surface area contributed by atoms with E-state index in [2.05, 4.69) is 15.0 Å². The highest BCUT2D eigenvalue weighted by Crippen LogP contribution is 2.30. The monoisotopic (exact) mass is 520 g/mol. The minimum atomic E-state index is -4.13. The Hall–Kier alpha value is -3.38. The Bertz CT molecular complexity index is 1210. The second kappa shape index (κ2) is 12.5. The average Bonchev–Trinajstić information content (AvgIpc) is 2.78. The first kappa shape index (κ1) is 28.9. The molecule has 2 atom stereocenters. The predicted molar refractivity (Wildman–Crippen MR) is 141 cm³/mol. The van der Waals surface area contributed by atoms with Gasteiger partial charge in [-0.2, -0.15) is 4.72 Å². The number of hydrogen-bond acceptors (Lipinski definition) is 6. The van der Waals surface area contributed by atoms with Crippen LogP contribution in [0.15, 0.2) is 46.3 Å². The molecule has 0 bridgehead atoms. The smallest absolute Gasteiger partial charge is 0.326 e. The first-order valence-electron chi connectivity index (χ1n) is 11.6. The fraction of sp³-hybridized carbons (Fsp3) is 0.458. The molecular formula is C24H36N6O5S. The number of carbonyl (C=O) groups is 2. The number of hydrogen-bond donors (Lipinski definition) is 5. The molecule has 0 radical (unpaired) electrons. The number of anilines is 1. The van der Waals surface area contributed by atoms with E-state index in [9.17, 15) is 23.1 Å². The van der Waals surface area contributed by atoms with E-state index >= 15 is 0 Å². The average molecular weight is 521 g/mol. The van der Waals surface area contributed by atoms with E-state index in [4.69, 9.17) is 11.5 Å². The van der Waals surface area contributed by atoms with Crippen molar-refractivity contribution in [1.82, 2.24) is 10.0 Å². The largest absolute Gasteiger partial charge is 0.480 e. The lowest BCUT2D eigenvalue weighted by atomic mass is 10.0. The van der Waals surface area contributed by atoms with Gasteiger partial charge in [0, 0.05) is 37.1 Å². The first-order chi connectivity index (χ1) is 16.8. The molecule has 2 rings (SSSR count).